The number of carboxylic acids is 1. The van der Waals surface area contributed by atoms with E-state index < -0.39 is 12.6 Å². The first-order valence-corrected chi connectivity index (χ1v) is 15.1. The molecule has 0 aromatic rings. The summed E-state index contributed by atoms with van der Waals surface area (Å²) in [4.78, 5) is 10.1. The Bertz CT molecular complexity index is 474. The quantitative estimate of drug-likeness (QED) is 0.0751. The summed E-state index contributed by atoms with van der Waals surface area (Å²) in [7, 11) is 0. The van der Waals surface area contributed by atoms with Gasteiger partial charge in [0.25, 0.3) is 0 Å². The van der Waals surface area contributed by atoms with Crippen LogP contribution in [0.25, 0.3) is 0 Å². The van der Waals surface area contributed by atoms with E-state index in [1.807, 2.05) is 0 Å². The minimum Gasteiger partial charge on any atom is -0.548 e. The van der Waals surface area contributed by atoms with Gasteiger partial charge in [-0.25, -0.2) is 0 Å². The minimum absolute atomic E-state index is 0. The van der Waals surface area contributed by atoms with Gasteiger partial charge < -0.3 is 47.8 Å². The van der Waals surface area contributed by atoms with Crippen molar-refractivity contribution in [2.75, 3.05) is 106 Å². The van der Waals surface area contributed by atoms with E-state index in [1.165, 1.54) is 64.2 Å². The number of unbranched alkanes of at least 4 members (excludes halogenated alkanes) is 10. The Balaban J connectivity index is 0. The molecule has 0 aliphatic carbocycles. The van der Waals surface area contributed by atoms with Crippen molar-refractivity contribution in [3.05, 3.63) is 0 Å². The number of hydrogen-bond acceptors (Lipinski definition) is 10. The van der Waals surface area contributed by atoms with Gasteiger partial charge in [-0.3, -0.25) is 0 Å². The first-order valence-electron chi connectivity index (χ1n) is 15.1. The van der Waals surface area contributed by atoms with Gasteiger partial charge in [-0.05, 0) is 6.42 Å². The van der Waals surface area contributed by atoms with Crippen molar-refractivity contribution in [3.8, 4) is 0 Å². The van der Waals surface area contributed by atoms with Crippen molar-refractivity contribution in [3.63, 3.8) is 0 Å². The molecule has 0 aromatic carbocycles. The Labute approximate surface area is 265 Å². The Kier molecular flexibility index (Phi) is 41.4. The zero-order chi connectivity index (χ0) is 28.3. The fourth-order valence-corrected chi connectivity index (χ4v) is 3.56. The second-order valence-corrected chi connectivity index (χ2v) is 9.25. The molecule has 0 aliphatic rings. The molecule has 0 amide bonds. The number of aliphatic carboxylic acids is 1. The number of ether oxygens (including phenoxy) is 8. The first kappa shape index (κ1) is 42.3. The summed E-state index contributed by atoms with van der Waals surface area (Å²) < 4.78 is 42.9. The predicted molar refractivity (Wildman–Crippen MR) is 148 cm³/mol. The number of carboxylic acid groups (broad SMARTS) is 1. The van der Waals surface area contributed by atoms with Gasteiger partial charge in [0.05, 0.1) is 105 Å². The Morgan fingerprint density at radius 2 is 0.650 bits per heavy atom. The molecule has 11 heteroatoms. The minimum atomic E-state index is -1.24. The van der Waals surface area contributed by atoms with Crippen molar-refractivity contribution in [1.82, 2.24) is 0 Å². The van der Waals surface area contributed by atoms with Gasteiger partial charge in [-0.15, -0.1) is 0 Å². The third kappa shape index (κ3) is 40.3. The van der Waals surface area contributed by atoms with Crippen molar-refractivity contribution in [2.24, 2.45) is 0 Å². The molecule has 0 N–H and O–H groups in total. The van der Waals surface area contributed by atoms with E-state index in [2.05, 4.69) is 6.92 Å². The van der Waals surface area contributed by atoms with Gasteiger partial charge in [-0.2, -0.15) is 0 Å². The average Bonchev–Trinajstić information content (AvgIpc) is 2.93. The van der Waals surface area contributed by atoms with Crippen LogP contribution in [0, 0.1) is 0 Å². The van der Waals surface area contributed by atoms with E-state index in [1.54, 1.807) is 0 Å². The second-order valence-electron chi connectivity index (χ2n) is 9.25. The molecule has 0 saturated carbocycles. The molecular formula is C29H57NaO10. The molecule has 0 rings (SSSR count). The van der Waals surface area contributed by atoms with Crippen LogP contribution in [-0.2, 0) is 42.7 Å². The second kappa shape index (κ2) is 39.1. The molecule has 0 radical (unpaired) electrons. The van der Waals surface area contributed by atoms with Gasteiger partial charge in [0.1, 0.15) is 0 Å². The molecule has 0 bridgehead atoms. The summed E-state index contributed by atoms with van der Waals surface area (Å²) in [5.74, 6) is -1.24. The average molecular weight is 589 g/mol. The van der Waals surface area contributed by atoms with E-state index in [0.29, 0.717) is 85.9 Å². The molecule has 10 nitrogen and oxygen atoms in total. The smallest absolute Gasteiger partial charge is 0.548 e. The summed E-state index contributed by atoms with van der Waals surface area (Å²) >= 11 is 0. The van der Waals surface area contributed by atoms with E-state index >= 15 is 0 Å². The third-order valence-corrected chi connectivity index (χ3v) is 5.72. The normalized spacial score (nSPS) is 11.1. The van der Waals surface area contributed by atoms with Crippen molar-refractivity contribution in [2.45, 2.75) is 77.6 Å². The molecule has 0 heterocycles. The van der Waals surface area contributed by atoms with Crippen LogP contribution in [0.5, 0.6) is 0 Å². The number of carbonyl (C=O) groups excluding carboxylic acids is 1. The van der Waals surface area contributed by atoms with Crippen LogP contribution in [0.15, 0.2) is 0 Å². The Morgan fingerprint density at radius 3 is 0.950 bits per heavy atom. The Hall–Kier alpha value is 0.150. The van der Waals surface area contributed by atoms with Crippen LogP contribution >= 0.6 is 0 Å². The van der Waals surface area contributed by atoms with Gasteiger partial charge in [0.15, 0.2) is 0 Å². The van der Waals surface area contributed by atoms with Gasteiger partial charge >= 0.3 is 29.6 Å². The summed E-state index contributed by atoms with van der Waals surface area (Å²) in [5.41, 5.74) is 0. The number of rotatable bonds is 35. The van der Waals surface area contributed by atoms with Gasteiger partial charge in [0.2, 0.25) is 0 Å². The van der Waals surface area contributed by atoms with Crippen molar-refractivity contribution in [1.29, 1.82) is 0 Å². The maximum absolute atomic E-state index is 10.1. The number of hydrogen-bond donors (Lipinski definition) is 0. The number of carbonyl (C=O) groups is 1. The van der Waals surface area contributed by atoms with Gasteiger partial charge in [0, 0.05) is 6.61 Å². The van der Waals surface area contributed by atoms with Crippen LogP contribution in [0.3, 0.4) is 0 Å². The van der Waals surface area contributed by atoms with Crippen LogP contribution in [0.2, 0.25) is 0 Å². The third-order valence-electron chi connectivity index (χ3n) is 5.72. The van der Waals surface area contributed by atoms with Crippen LogP contribution < -0.4 is 34.7 Å². The zero-order valence-electron chi connectivity index (χ0n) is 25.7. The molecule has 0 aliphatic heterocycles. The summed E-state index contributed by atoms with van der Waals surface area (Å²) in [6.45, 7) is 9.41. The van der Waals surface area contributed by atoms with E-state index in [4.69, 9.17) is 37.9 Å². The molecular weight excluding hydrogens is 531 g/mol. The summed E-state index contributed by atoms with van der Waals surface area (Å²) in [5, 5.41) is 10.1. The molecule has 234 valence electrons. The van der Waals surface area contributed by atoms with Crippen LogP contribution in [-0.4, -0.2) is 112 Å². The monoisotopic (exact) mass is 588 g/mol. The maximum atomic E-state index is 10.1. The summed E-state index contributed by atoms with van der Waals surface area (Å²) in [6.07, 6.45) is 14.8. The van der Waals surface area contributed by atoms with Crippen molar-refractivity contribution < 1.29 is 77.4 Å². The zero-order valence-corrected chi connectivity index (χ0v) is 27.7. The fourth-order valence-electron chi connectivity index (χ4n) is 3.56. The van der Waals surface area contributed by atoms with E-state index in [-0.39, 0.29) is 36.2 Å². The van der Waals surface area contributed by atoms with Crippen LogP contribution in [0.1, 0.15) is 77.6 Å². The SMILES string of the molecule is CCCCCCCCCCCCCOCCOCCOCCOCCOCCOCCOCCOCC(=O)[O-].[Na+]. The molecule has 0 atom stereocenters. The largest absolute Gasteiger partial charge is 1.00 e. The van der Waals surface area contributed by atoms with Gasteiger partial charge in [-0.1, -0.05) is 71.1 Å². The molecule has 40 heavy (non-hydrogen) atoms. The maximum Gasteiger partial charge on any atom is 1.00 e. The molecule has 0 saturated heterocycles. The Morgan fingerprint density at radius 1 is 0.400 bits per heavy atom. The standard InChI is InChI=1S/C29H58O10.Na/c1-2-3-4-5-6-7-8-9-10-11-12-13-32-14-15-33-16-17-34-18-19-35-20-21-36-22-23-37-24-25-38-26-27-39-28-29(30)31;/h2-28H2,1H3,(H,30,31);/q;+1/p-1. The molecule has 0 spiro atoms. The molecule has 0 aromatic heterocycles. The first-order chi connectivity index (χ1) is 19.3. The van der Waals surface area contributed by atoms with E-state index in [0.717, 1.165) is 13.0 Å². The topological polar surface area (TPSA) is 114 Å². The van der Waals surface area contributed by atoms with Crippen molar-refractivity contribution >= 4 is 5.97 Å². The predicted octanol–water partition coefficient (Wildman–Crippen LogP) is 0.184. The fraction of sp³-hybridized carbons (Fsp3) is 0.966. The summed E-state index contributed by atoms with van der Waals surface area (Å²) in [6, 6.07) is 0. The molecule has 0 unspecified atom stereocenters. The van der Waals surface area contributed by atoms with E-state index in [9.17, 15) is 9.90 Å². The molecule has 0 fully saturated rings. The van der Waals surface area contributed by atoms with Crippen LogP contribution in [0.4, 0.5) is 0 Å².